The van der Waals surface area contributed by atoms with E-state index in [1.807, 2.05) is 11.0 Å². The molecule has 5 nitrogen and oxygen atoms in total. The van der Waals surface area contributed by atoms with Gasteiger partial charge in [0.05, 0.1) is 29.9 Å². The molecule has 1 amide bonds. The molecule has 1 fully saturated rings. The van der Waals surface area contributed by atoms with Gasteiger partial charge >= 0.3 is 0 Å². The number of carbonyl (C=O) groups is 1. The van der Waals surface area contributed by atoms with Crippen molar-refractivity contribution in [1.29, 1.82) is 0 Å². The summed E-state index contributed by atoms with van der Waals surface area (Å²) in [6.45, 7) is 11.4. The molecule has 0 bridgehead atoms. The number of hydrogen-bond acceptors (Lipinski definition) is 5. The summed E-state index contributed by atoms with van der Waals surface area (Å²) in [7, 11) is 0. The Kier molecular flexibility index (Phi) is 7.00. The fourth-order valence-electron chi connectivity index (χ4n) is 3.99. The molecule has 4 rings (SSSR count). The molecule has 0 unspecified atom stereocenters. The smallest absolute Gasteiger partial charge is 0.233 e. The molecule has 164 valence electrons. The molecular weight excluding hydrogens is 406 g/mol. The zero-order valence-electron chi connectivity index (χ0n) is 18.7. The lowest BCUT2D eigenvalue weighted by atomic mass is 10.0. The minimum atomic E-state index is 0.117. The number of ether oxygens (including phenoxy) is 1. The van der Waals surface area contributed by atoms with E-state index < -0.39 is 0 Å². The molecule has 0 N–H and O–H groups in total. The van der Waals surface area contributed by atoms with Gasteiger partial charge < -0.3 is 4.74 Å². The lowest BCUT2D eigenvalue weighted by molar-refractivity contribution is -0.118. The lowest BCUT2D eigenvalue weighted by Gasteiger charge is -2.27. The summed E-state index contributed by atoms with van der Waals surface area (Å²) in [6, 6.07) is 12.6. The van der Waals surface area contributed by atoms with Crippen molar-refractivity contribution >= 4 is 32.6 Å². The SMILES string of the molecule is Cc1ccc(C)c(CC(=O)N(CCCN2CCOCC2)c2nc3ccc(C)cc3s2)c1. The van der Waals surface area contributed by atoms with Gasteiger partial charge in [0.2, 0.25) is 5.91 Å². The van der Waals surface area contributed by atoms with Crippen molar-refractivity contribution in [2.75, 3.05) is 44.3 Å². The Bertz CT molecular complexity index is 1060. The lowest BCUT2D eigenvalue weighted by Crippen LogP contribution is -2.39. The van der Waals surface area contributed by atoms with E-state index in [2.05, 4.69) is 56.0 Å². The van der Waals surface area contributed by atoms with Crippen LogP contribution in [0, 0.1) is 20.8 Å². The van der Waals surface area contributed by atoms with Gasteiger partial charge in [0.25, 0.3) is 0 Å². The van der Waals surface area contributed by atoms with E-state index in [4.69, 9.17) is 9.72 Å². The number of benzene rings is 2. The summed E-state index contributed by atoms with van der Waals surface area (Å²) in [5.41, 5.74) is 5.61. The van der Waals surface area contributed by atoms with Crippen molar-refractivity contribution in [2.24, 2.45) is 0 Å². The van der Waals surface area contributed by atoms with Crippen molar-refractivity contribution in [3.8, 4) is 0 Å². The Labute approximate surface area is 188 Å². The minimum Gasteiger partial charge on any atom is -0.379 e. The van der Waals surface area contributed by atoms with Gasteiger partial charge in [-0.25, -0.2) is 4.98 Å². The first-order valence-electron chi connectivity index (χ1n) is 11.0. The van der Waals surface area contributed by atoms with Gasteiger partial charge in [-0.05, 0) is 56.0 Å². The van der Waals surface area contributed by atoms with Crippen LogP contribution in [0.5, 0.6) is 0 Å². The highest BCUT2D eigenvalue weighted by molar-refractivity contribution is 7.22. The maximum atomic E-state index is 13.5. The minimum absolute atomic E-state index is 0.117. The first-order chi connectivity index (χ1) is 15.0. The van der Waals surface area contributed by atoms with E-state index in [9.17, 15) is 4.79 Å². The predicted octanol–water partition coefficient (Wildman–Crippen LogP) is 4.52. The van der Waals surface area contributed by atoms with E-state index >= 15 is 0 Å². The molecule has 0 radical (unpaired) electrons. The molecule has 2 heterocycles. The molecule has 6 heteroatoms. The Balaban J connectivity index is 1.54. The van der Waals surface area contributed by atoms with E-state index in [0.29, 0.717) is 13.0 Å². The van der Waals surface area contributed by atoms with Crippen LogP contribution in [0.2, 0.25) is 0 Å². The molecular formula is C25H31N3O2S. The third kappa shape index (κ3) is 5.50. The highest BCUT2D eigenvalue weighted by Gasteiger charge is 2.21. The Hall–Kier alpha value is -2.28. The fraction of sp³-hybridized carbons (Fsp3) is 0.440. The standard InChI is InChI=1S/C25H31N3O2S/c1-18-5-7-20(3)21(15-18)17-24(29)28(10-4-9-27-11-13-30-14-12-27)25-26-22-8-6-19(2)16-23(22)31-25/h5-8,15-16H,4,9-14,17H2,1-3H3. The average Bonchev–Trinajstić information content (AvgIpc) is 3.17. The quantitative estimate of drug-likeness (QED) is 0.545. The first-order valence-corrected chi connectivity index (χ1v) is 11.8. The van der Waals surface area contributed by atoms with Gasteiger partial charge in [-0.2, -0.15) is 0 Å². The van der Waals surface area contributed by atoms with Crippen LogP contribution in [0.15, 0.2) is 36.4 Å². The van der Waals surface area contributed by atoms with Crippen LogP contribution < -0.4 is 4.90 Å². The zero-order valence-corrected chi connectivity index (χ0v) is 19.5. The predicted molar refractivity (Wildman–Crippen MR) is 128 cm³/mol. The highest BCUT2D eigenvalue weighted by atomic mass is 32.1. The summed E-state index contributed by atoms with van der Waals surface area (Å²) in [5, 5.41) is 0.804. The van der Waals surface area contributed by atoms with Crippen molar-refractivity contribution in [3.05, 3.63) is 58.7 Å². The maximum absolute atomic E-state index is 13.5. The third-order valence-electron chi connectivity index (χ3n) is 5.87. The molecule has 0 atom stereocenters. The van der Waals surface area contributed by atoms with Crippen molar-refractivity contribution in [1.82, 2.24) is 9.88 Å². The van der Waals surface area contributed by atoms with Crippen LogP contribution in [-0.2, 0) is 16.0 Å². The molecule has 0 saturated carbocycles. The molecule has 1 aliphatic rings. The number of aryl methyl sites for hydroxylation is 3. The number of nitrogens with zero attached hydrogens (tertiary/aromatic N) is 3. The number of aromatic nitrogens is 1. The van der Waals surface area contributed by atoms with Crippen LogP contribution in [0.1, 0.15) is 28.7 Å². The number of thiazole rings is 1. The van der Waals surface area contributed by atoms with Gasteiger partial charge in [-0.3, -0.25) is 14.6 Å². The van der Waals surface area contributed by atoms with E-state index in [1.165, 1.54) is 11.1 Å². The fourth-order valence-corrected chi connectivity index (χ4v) is 5.10. The number of morpholine rings is 1. The highest BCUT2D eigenvalue weighted by Crippen LogP contribution is 2.30. The number of amides is 1. The molecule has 0 spiro atoms. The molecule has 0 aliphatic carbocycles. The van der Waals surface area contributed by atoms with E-state index in [0.717, 1.165) is 65.7 Å². The van der Waals surface area contributed by atoms with Crippen LogP contribution in [0.25, 0.3) is 10.2 Å². The zero-order chi connectivity index (χ0) is 21.8. The molecule has 31 heavy (non-hydrogen) atoms. The van der Waals surface area contributed by atoms with Gasteiger partial charge in [0, 0.05) is 26.2 Å². The number of fused-ring (bicyclic) bond motifs is 1. The summed E-state index contributed by atoms with van der Waals surface area (Å²) in [6.07, 6.45) is 1.33. The molecule has 1 aliphatic heterocycles. The number of anilines is 1. The van der Waals surface area contributed by atoms with Gasteiger partial charge in [-0.15, -0.1) is 0 Å². The second kappa shape index (κ2) is 9.90. The van der Waals surface area contributed by atoms with Crippen LogP contribution in [-0.4, -0.2) is 55.2 Å². The Morgan fingerprint density at radius 1 is 1.10 bits per heavy atom. The largest absolute Gasteiger partial charge is 0.379 e. The normalized spacial score (nSPS) is 14.8. The maximum Gasteiger partial charge on any atom is 0.233 e. The Morgan fingerprint density at radius 3 is 2.65 bits per heavy atom. The first kappa shape index (κ1) is 21.9. The van der Waals surface area contributed by atoms with E-state index in [-0.39, 0.29) is 5.91 Å². The van der Waals surface area contributed by atoms with E-state index in [1.54, 1.807) is 11.3 Å². The number of rotatable bonds is 7. The molecule has 1 saturated heterocycles. The molecule has 3 aromatic rings. The summed E-state index contributed by atoms with van der Waals surface area (Å²) < 4.78 is 6.58. The van der Waals surface area contributed by atoms with Crippen molar-refractivity contribution in [3.63, 3.8) is 0 Å². The van der Waals surface area contributed by atoms with Gasteiger partial charge in [-0.1, -0.05) is 41.2 Å². The third-order valence-corrected chi connectivity index (χ3v) is 6.91. The number of carbonyl (C=O) groups excluding carboxylic acids is 1. The van der Waals surface area contributed by atoms with Crippen LogP contribution in [0.3, 0.4) is 0 Å². The summed E-state index contributed by atoms with van der Waals surface area (Å²) in [4.78, 5) is 22.6. The summed E-state index contributed by atoms with van der Waals surface area (Å²) >= 11 is 1.61. The van der Waals surface area contributed by atoms with Crippen LogP contribution in [0.4, 0.5) is 5.13 Å². The summed E-state index contributed by atoms with van der Waals surface area (Å²) in [5.74, 6) is 0.117. The Morgan fingerprint density at radius 2 is 1.84 bits per heavy atom. The van der Waals surface area contributed by atoms with Gasteiger partial charge in [0.15, 0.2) is 5.13 Å². The van der Waals surface area contributed by atoms with Crippen LogP contribution >= 0.6 is 11.3 Å². The second-order valence-electron chi connectivity index (χ2n) is 8.43. The van der Waals surface area contributed by atoms with Crippen molar-refractivity contribution < 1.29 is 9.53 Å². The molecule has 2 aromatic carbocycles. The average molecular weight is 438 g/mol. The van der Waals surface area contributed by atoms with Crippen molar-refractivity contribution in [2.45, 2.75) is 33.6 Å². The molecule has 1 aromatic heterocycles. The topological polar surface area (TPSA) is 45.7 Å². The second-order valence-corrected chi connectivity index (χ2v) is 9.44. The number of hydrogen-bond donors (Lipinski definition) is 0. The van der Waals surface area contributed by atoms with Gasteiger partial charge in [0.1, 0.15) is 0 Å². The monoisotopic (exact) mass is 437 g/mol.